The van der Waals surface area contributed by atoms with Crippen LogP contribution in [0.25, 0.3) is 11.1 Å². The zero-order valence-electron chi connectivity index (χ0n) is 12.5. The number of amides is 1. The van der Waals surface area contributed by atoms with Crippen molar-refractivity contribution >= 4 is 34.3 Å². The molecule has 23 heavy (non-hydrogen) atoms. The van der Waals surface area contributed by atoms with E-state index in [2.05, 4.69) is 5.32 Å². The van der Waals surface area contributed by atoms with Crippen LogP contribution in [-0.2, 0) is 11.3 Å². The molecule has 1 amide bonds. The second-order valence-corrected chi connectivity index (χ2v) is 5.61. The normalized spacial score (nSPS) is 10.9. The van der Waals surface area contributed by atoms with E-state index < -0.39 is 5.76 Å². The summed E-state index contributed by atoms with van der Waals surface area (Å²) in [4.78, 5) is 24.0. The average Bonchev–Trinajstić information content (AvgIpc) is 2.85. The number of carbonyl (C=O) groups excluding carboxylic acids is 1. The highest BCUT2D eigenvalue weighted by molar-refractivity contribution is 6.31. The maximum Gasteiger partial charge on any atom is 0.419 e. The van der Waals surface area contributed by atoms with Crippen molar-refractivity contribution in [3.63, 3.8) is 0 Å². The van der Waals surface area contributed by atoms with Gasteiger partial charge in [-0.05, 0) is 36.8 Å². The van der Waals surface area contributed by atoms with Crippen molar-refractivity contribution in [3.8, 4) is 0 Å². The summed E-state index contributed by atoms with van der Waals surface area (Å²) in [6.45, 7) is 2.09. The smallest absolute Gasteiger partial charge is 0.408 e. The molecule has 5 nitrogen and oxygen atoms in total. The first kappa shape index (κ1) is 15.4. The summed E-state index contributed by atoms with van der Waals surface area (Å²) in [5.41, 5.74) is 2.69. The highest BCUT2D eigenvalue weighted by Crippen LogP contribution is 2.23. The molecular weight excluding hydrogens is 316 g/mol. The molecule has 1 N–H and O–H groups in total. The van der Waals surface area contributed by atoms with Crippen molar-refractivity contribution in [2.24, 2.45) is 0 Å². The number of benzene rings is 2. The number of anilines is 1. The minimum atomic E-state index is -0.460. The van der Waals surface area contributed by atoms with Gasteiger partial charge in [-0.1, -0.05) is 29.8 Å². The van der Waals surface area contributed by atoms with E-state index in [1.165, 1.54) is 4.57 Å². The molecule has 0 spiro atoms. The SMILES string of the molecule is Cc1c(Cl)cccc1NC(=O)CCn1c(=O)oc2ccccc21. The molecule has 2 aromatic carbocycles. The van der Waals surface area contributed by atoms with Gasteiger partial charge in [-0.2, -0.15) is 0 Å². The highest BCUT2D eigenvalue weighted by Gasteiger charge is 2.11. The molecule has 0 bridgehead atoms. The van der Waals surface area contributed by atoms with Gasteiger partial charge in [0, 0.05) is 23.7 Å². The number of hydrogen-bond donors (Lipinski definition) is 1. The fraction of sp³-hybridized carbons (Fsp3) is 0.176. The summed E-state index contributed by atoms with van der Waals surface area (Å²) in [7, 11) is 0. The number of fused-ring (bicyclic) bond motifs is 1. The van der Waals surface area contributed by atoms with E-state index in [0.717, 1.165) is 5.56 Å². The first-order valence-corrected chi connectivity index (χ1v) is 7.57. The van der Waals surface area contributed by atoms with Gasteiger partial charge in [0.15, 0.2) is 5.58 Å². The number of aryl methyl sites for hydroxylation is 1. The highest BCUT2D eigenvalue weighted by atomic mass is 35.5. The Morgan fingerprint density at radius 1 is 1.22 bits per heavy atom. The van der Waals surface area contributed by atoms with Gasteiger partial charge in [0.05, 0.1) is 5.52 Å². The number of nitrogens with one attached hydrogen (secondary N) is 1. The number of oxazole rings is 1. The zero-order valence-corrected chi connectivity index (χ0v) is 13.3. The number of carbonyl (C=O) groups is 1. The second kappa shape index (κ2) is 6.30. The molecule has 0 aliphatic heterocycles. The quantitative estimate of drug-likeness (QED) is 0.795. The van der Waals surface area contributed by atoms with Gasteiger partial charge in [0.2, 0.25) is 5.91 Å². The summed E-state index contributed by atoms with van der Waals surface area (Å²) in [5.74, 6) is -0.648. The third-order valence-electron chi connectivity index (χ3n) is 3.68. The minimum Gasteiger partial charge on any atom is -0.408 e. The van der Waals surface area contributed by atoms with Crippen LogP contribution >= 0.6 is 11.6 Å². The molecule has 118 valence electrons. The third-order valence-corrected chi connectivity index (χ3v) is 4.09. The molecule has 3 aromatic rings. The van der Waals surface area contributed by atoms with Crippen LogP contribution in [0.15, 0.2) is 51.7 Å². The summed E-state index contributed by atoms with van der Waals surface area (Å²) in [6.07, 6.45) is 0.162. The number of rotatable bonds is 4. The lowest BCUT2D eigenvalue weighted by atomic mass is 10.2. The van der Waals surface area contributed by atoms with Gasteiger partial charge < -0.3 is 9.73 Å². The summed E-state index contributed by atoms with van der Waals surface area (Å²) < 4.78 is 6.60. The lowest BCUT2D eigenvalue weighted by Gasteiger charge is -2.09. The molecule has 6 heteroatoms. The maximum atomic E-state index is 12.1. The molecule has 3 rings (SSSR count). The van der Waals surface area contributed by atoms with Crippen LogP contribution in [0.2, 0.25) is 5.02 Å². The lowest BCUT2D eigenvalue weighted by molar-refractivity contribution is -0.116. The minimum absolute atomic E-state index is 0.162. The van der Waals surface area contributed by atoms with Crippen LogP contribution in [0.4, 0.5) is 5.69 Å². The van der Waals surface area contributed by atoms with E-state index in [0.29, 0.717) is 21.8 Å². The maximum absolute atomic E-state index is 12.1. The Hall–Kier alpha value is -2.53. The number of hydrogen-bond acceptors (Lipinski definition) is 3. The fourth-order valence-electron chi connectivity index (χ4n) is 2.39. The molecule has 0 radical (unpaired) electrons. The van der Waals surface area contributed by atoms with Crippen molar-refractivity contribution in [1.29, 1.82) is 0 Å². The number of aromatic nitrogens is 1. The Morgan fingerprint density at radius 3 is 2.83 bits per heavy atom. The Bertz CT molecular complexity index is 927. The number of nitrogens with zero attached hydrogens (tertiary/aromatic N) is 1. The van der Waals surface area contributed by atoms with Crippen molar-refractivity contribution < 1.29 is 9.21 Å². The van der Waals surface area contributed by atoms with Crippen LogP contribution in [0, 0.1) is 6.92 Å². The Balaban J connectivity index is 1.72. The van der Waals surface area contributed by atoms with Crippen LogP contribution < -0.4 is 11.1 Å². The molecule has 0 aliphatic carbocycles. The van der Waals surface area contributed by atoms with E-state index >= 15 is 0 Å². The fourth-order valence-corrected chi connectivity index (χ4v) is 2.57. The van der Waals surface area contributed by atoms with E-state index in [1.807, 2.05) is 13.0 Å². The Morgan fingerprint density at radius 2 is 2.00 bits per heavy atom. The van der Waals surface area contributed by atoms with Crippen LogP contribution in [-0.4, -0.2) is 10.5 Å². The molecule has 0 aliphatic rings. The Labute approximate surface area is 137 Å². The second-order valence-electron chi connectivity index (χ2n) is 5.20. The van der Waals surface area contributed by atoms with Gasteiger partial charge in [-0.3, -0.25) is 9.36 Å². The summed E-state index contributed by atoms with van der Waals surface area (Å²) in [5, 5.41) is 3.41. The van der Waals surface area contributed by atoms with E-state index in [9.17, 15) is 9.59 Å². The third kappa shape index (κ3) is 3.14. The molecule has 0 saturated heterocycles. The molecule has 1 aromatic heterocycles. The van der Waals surface area contributed by atoms with Gasteiger partial charge in [-0.25, -0.2) is 4.79 Å². The van der Waals surface area contributed by atoms with Crippen molar-refractivity contribution in [1.82, 2.24) is 4.57 Å². The monoisotopic (exact) mass is 330 g/mol. The number of halogens is 1. The topological polar surface area (TPSA) is 64.2 Å². The van der Waals surface area contributed by atoms with Crippen molar-refractivity contribution in [3.05, 3.63) is 63.6 Å². The molecule has 0 atom stereocenters. The van der Waals surface area contributed by atoms with Gasteiger partial charge in [0.25, 0.3) is 0 Å². The average molecular weight is 331 g/mol. The summed E-state index contributed by atoms with van der Waals surface area (Å²) in [6, 6.07) is 12.5. The number of para-hydroxylation sites is 2. The molecule has 1 heterocycles. The van der Waals surface area contributed by atoms with E-state index in [1.54, 1.807) is 36.4 Å². The molecule has 0 unspecified atom stereocenters. The lowest BCUT2D eigenvalue weighted by Crippen LogP contribution is -2.20. The first-order valence-electron chi connectivity index (χ1n) is 7.19. The predicted octanol–water partition coefficient (Wildman–Crippen LogP) is 3.59. The standard InChI is InChI=1S/C17H15ClN2O3/c1-11-12(18)5-4-6-13(11)19-16(21)9-10-20-14-7-2-3-8-15(14)23-17(20)22/h2-8H,9-10H2,1H3,(H,19,21). The van der Waals surface area contributed by atoms with E-state index in [4.69, 9.17) is 16.0 Å². The van der Waals surface area contributed by atoms with Crippen LogP contribution in [0.5, 0.6) is 0 Å². The largest absolute Gasteiger partial charge is 0.419 e. The first-order chi connectivity index (χ1) is 11.1. The molecule has 0 saturated carbocycles. The predicted molar refractivity (Wildman–Crippen MR) is 89.9 cm³/mol. The Kier molecular flexibility index (Phi) is 4.21. The van der Waals surface area contributed by atoms with Crippen molar-refractivity contribution in [2.75, 3.05) is 5.32 Å². The van der Waals surface area contributed by atoms with E-state index in [-0.39, 0.29) is 18.9 Å². The van der Waals surface area contributed by atoms with Crippen LogP contribution in [0.3, 0.4) is 0 Å². The molecule has 0 fully saturated rings. The van der Waals surface area contributed by atoms with Gasteiger partial charge >= 0.3 is 5.76 Å². The summed E-state index contributed by atoms with van der Waals surface area (Å²) >= 11 is 6.03. The van der Waals surface area contributed by atoms with Crippen molar-refractivity contribution in [2.45, 2.75) is 19.9 Å². The van der Waals surface area contributed by atoms with Crippen LogP contribution in [0.1, 0.15) is 12.0 Å². The van der Waals surface area contributed by atoms with Gasteiger partial charge in [0.1, 0.15) is 0 Å². The van der Waals surface area contributed by atoms with Gasteiger partial charge in [-0.15, -0.1) is 0 Å². The molecular formula is C17H15ClN2O3. The zero-order chi connectivity index (χ0) is 16.4.